The van der Waals surface area contributed by atoms with Gasteiger partial charge in [0.05, 0.1) is 17.9 Å². The molecule has 1 aromatic heterocycles. The lowest BCUT2D eigenvalue weighted by molar-refractivity contribution is -0.125. The highest BCUT2D eigenvalue weighted by Crippen LogP contribution is 2.31. The number of amides is 2. The summed E-state index contributed by atoms with van der Waals surface area (Å²) in [6.07, 6.45) is 1.75. The molecular weight excluding hydrogens is 308 g/mol. The molecule has 1 aliphatic rings. The third-order valence-electron chi connectivity index (χ3n) is 4.23. The summed E-state index contributed by atoms with van der Waals surface area (Å²) in [5.41, 5.74) is 2.57. The van der Waals surface area contributed by atoms with Crippen LogP contribution >= 0.6 is 0 Å². The molecule has 2 amide bonds. The number of benzene rings is 1. The van der Waals surface area contributed by atoms with Crippen molar-refractivity contribution in [2.24, 2.45) is 7.05 Å². The standard InChI is InChI=1S/C17H20N4O3/c1-11(13-8-18-20(3)12(13)2)19-16(22)9-21-14-6-4-5-7-15(14)24-10-17(21)23/h4-8,11H,9-10H2,1-3H3,(H,19,22). The lowest BCUT2D eigenvalue weighted by Crippen LogP contribution is -2.45. The summed E-state index contributed by atoms with van der Waals surface area (Å²) in [4.78, 5) is 26.0. The summed E-state index contributed by atoms with van der Waals surface area (Å²) in [7, 11) is 1.86. The fourth-order valence-corrected chi connectivity index (χ4v) is 2.78. The van der Waals surface area contributed by atoms with Crippen LogP contribution in [0.15, 0.2) is 30.5 Å². The van der Waals surface area contributed by atoms with E-state index in [0.717, 1.165) is 11.3 Å². The SMILES string of the molecule is Cc1c(C(C)NC(=O)CN2C(=O)COc3ccccc32)cnn1C. The van der Waals surface area contributed by atoms with Crippen molar-refractivity contribution in [3.05, 3.63) is 41.7 Å². The van der Waals surface area contributed by atoms with Gasteiger partial charge in [0, 0.05) is 18.3 Å². The topological polar surface area (TPSA) is 76.5 Å². The number of para-hydroxylation sites is 2. The molecule has 0 fully saturated rings. The number of ether oxygens (including phenoxy) is 1. The highest BCUT2D eigenvalue weighted by atomic mass is 16.5. The molecule has 0 spiro atoms. The van der Waals surface area contributed by atoms with E-state index in [1.165, 1.54) is 4.90 Å². The van der Waals surface area contributed by atoms with E-state index in [9.17, 15) is 9.59 Å². The molecule has 2 heterocycles. The number of hydrogen-bond acceptors (Lipinski definition) is 4. The number of fused-ring (bicyclic) bond motifs is 1. The molecule has 1 N–H and O–H groups in total. The highest BCUT2D eigenvalue weighted by molar-refractivity contribution is 6.02. The Hall–Kier alpha value is -2.83. The predicted octanol–water partition coefficient (Wildman–Crippen LogP) is 1.33. The minimum Gasteiger partial charge on any atom is -0.482 e. The van der Waals surface area contributed by atoms with E-state index in [1.807, 2.05) is 33.0 Å². The minimum absolute atomic E-state index is 0.0388. The van der Waals surface area contributed by atoms with Gasteiger partial charge in [-0.05, 0) is 26.0 Å². The Kier molecular flexibility index (Phi) is 4.24. The van der Waals surface area contributed by atoms with E-state index in [1.54, 1.807) is 23.0 Å². The van der Waals surface area contributed by atoms with E-state index >= 15 is 0 Å². The molecule has 0 saturated heterocycles. The number of anilines is 1. The second-order valence-electron chi connectivity index (χ2n) is 5.83. The largest absolute Gasteiger partial charge is 0.482 e. The fourth-order valence-electron chi connectivity index (χ4n) is 2.78. The number of hydrogen-bond donors (Lipinski definition) is 1. The molecule has 1 unspecified atom stereocenters. The number of rotatable bonds is 4. The molecule has 0 saturated carbocycles. The summed E-state index contributed by atoms with van der Waals surface area (Å²) >= 11 is 0. The summed E-state index contributed by atoms with van der Waals surface area (Å²) in [6, 6.07) is 7.02. The van der Waals surface area contributed by atoms with Gasteiger partial charge in [0.2, 0.25) is 5.91 Å². The first-order chi connectivity index (χ1) is 11.5. The molecule has 126 valence electrons. The lowest BCUT2D eigenvalue weighted by atomic mass is 10.1. The molecular formula is C17H20N4O3. The molecule has 1 atom stereocenters. The van der Waals surface area contributed by atoms with Gasteiger partial charge in [0.1, 0.15) is 12.3 Å². The van der Waals surface area contributed by atoms with Crippen LogP contribution in [0.3, 0.4) is 0 Å². The van der Waals surface area contributed by atoms with Gasteiger partial charge in [0.15, 0.2) is 6.61 Å². The van der Waals surface area contributed by atoms with Crippen molar-refractivity contribution in [2.45, 2.75) is 19.9 Å². The maximum absolute atomic E-state index is 12.4. The number of nitrogens with one attached hydrogen (secondary N) is 1. The third-order valence-corrected chi connectivity index (χ3v) is 4.23. The number of aryl methyl sites for hydroxylation is 1. The van der Waals surface area contributed by atoms with Crippen molar-refractivity contribution >= 4 is 17.5 Å². The van der Waals surface area contributed by atoms with Crippen LogP contribution in [0, 0.1) is 6.92 Å². The monoisotopic (exact) mass is 328 g/mol. The highest BCUT2D eigenvalue weighted by Gasteiger charge is 2.27. The van der Waals surface area contributed by atoms with Gasteiger partial charge in [-0.1, -0.05) is 12.1 Å². The smallest absolute Gasteiger partial charge is 0.265 e. The Morgan fingerprint density at radius 3 is 2.88 bits per heavy atom. The zero-order valence-electron chi connectivity index (χ0n) is 13.9. The van der Waals surface area contributed by atoms with Crippen molar-refractivity contribution in [1.29, 1.82) is 0 Å². The summed E-state index contributed by atoms with van der Waals surface area (Å²) in [6.45, 7) is 3.76. The zero-order chi connectivity index (χ0) is 17.3. The average molecular weight is 328 g/mol. The number of nitrogens with zero attached hydrogens (tertiary/aromatic N) is 3. The first kappa shape index (κ1) is 16.0. The normalized spacial score (nSPS) is 14.8. The fraction of sp³-hybridized carbons (Fsp3) is 0.353. The quantitative estimate of drug-likeness (QED) is 0.919. The van der Waals surface area contributed by atoms with Gasteiger partial charge in [-0.3, -0.25) is 19.2 Å². The Morgan fingerprint density at radius 1 is 1.42 bits per heavy atom. The van der Waals surface area contributed by atoms with Crippen molar-refractivity contribution in [1.82, 2.24) is 15.1 Å². The van der Waals surface area contributed by atoms with Gasteiger partial charge >= 0.3 is 0 Å². The molecule has 2 aromatic rings. The molecule has 7 nitrogen and oxygen atoms in total. The molecule has 0 bridgehead atoms. The van der Waals surface area contributed by atoms with E-state index in [2.05, 4.69) is 10.4 Å². The lowest BCUT2D eigenvalue weighted by Gasteiger charge is -2.29. The molecule has 1 aromatic carbocycles. The van der Waals surface area contributed by atoms with Crippen LogP contribution in [-0.2, 0) is 16.6 Å². The second kappa shape index (κ2) is 6.35. The van der Waals surface area contributed by atoms with Crippen molar-refractivity contribution in [3.63, 3.8) is 0 Å². The van der Waals surface area contributed by atoms with Crippen LogP contribution < -0.4 is 15.0 Å². The second-order valence-corrected chi connectivity index (χ2v) is 5.83. The summed E-state index contributed by atoms with van der Waals surface area (Å²) in [5, 5.41) is 7.11. The molecule has 0 radical (unpaired) electrons. The first-order valence-electron chi connectivity index (χ1n) is 7.77. The number of carbonyl (C=O) groups is 2. The maximum atomic E-state index is 12.4. The molecule has 7 heteroatoms. The van der Waals surface area contributed by atoms with Crippen molar-refractivity contribution < 1.29 is 14.3 Å². The summed E-state index contributed by atoms with van der Waals surface area (Å²) in [5.74, 6) is 0.158. The van der Waals surface area contributed by atoms with Crippen molar-refractivity contribution in [2.75, 3.05) is 18.1 Å². The van der Waals surface area contributed by atoms with Gasteiger partial charge in [-0.2, -0.15) is 5.10 Å². The predicted molar refractivity (Wildman–Crippen MR) is 88.8 cm³/mol. The molecule has 24 heavy (non-hydrogen) atoms. The maximum Gasteiger partial charge on any atom is 0.265 e. The van der Waals surface area contributed by atoms with Crippen LogP contribution in [0.25, 0.3) is 0 Å². The molecule has 0 aliphatic carbocycles. The summed E-state index contributed by atoms with van der Waals surface area (Å²) < 4.78 is 7.15. The van der Waals surface area contributed by atoms with Crippen LogP contribution in [0.2, 0.25) is 0 Å². The van der Waals surface area contributed by atoms with Crippen LogP contribution in [0.1, 0.15) is 24.2 Å². The minimum atomic E-state index is -0.228. The first-order valence-corrected chi connectivity index (χ1v) is 7.77. The van der Waals surface area contributed by atoms with Gasteiger partial charge in [-0.15, -0.1) is 0 Å². The zero-order valence-corrected chi connectivity index (χ0v) is 13.9. The van der Waals surface area contributed by atoms with Gasteiger partial charge < -0.3 is 10.1 Å². The molecule has 3 rings (SSSR count). The van der Waals surface area contributed by atoms with Crippen molar-refractivity contribution in [3.8, 4) is 5.75 Å². The van der Waals surface area contributed by atoms with Gasteiger partial charge in [0.25, 0.3) is 5.91 Å². The Bertz CT molecular complexity index is 784. The number of aromatic nitrogens is 2. The Balaban J connectivity index is 1.71. The Morgan fingerprint density at radius 2 is 2.17 bits per heavy atom. The van der Waals surface area contributed by atoms with Crippen LogP contribution in [0.5, 0.6) is 5.75 Å². The van der Waals surface area contributed by atoms with E-state index in [4.69, 9.17) is 4.74 Å². The average Bonchev–Trinajstić information content (AvgIpc) is 2.90. The Labute approximate surface area is 140 Å². The van der Waals surface area contributed by atoms with E-state index in [-0.39, 0.29) is 31.0 Å². The third kappa shape index (κ3) is 2.97. The van der Waals surface area contributed by atoms with Crippen LogP contribution in [-0.4, -0.2) is 34.7 Å². The number of carbonyl (C=O) groups excluding carboxylic acids is 2. The molecule has 1 aliphatic heterocycles. The van der Waals surface area contributed by atoms with Gasteiger partial charge in [-0.25, -0.2) is 0 Å². The van der Waals surface area contributed by atoms with Crippen LogP contribution in [0.4, 0.5) is 5.69 Å². The van der Waals surface area contributed by atoms with E-state index in [0.29, 0.717) is 11.4 Å². The van der Waals surface area contributed by atoms with E-state index < -0.39 is 0 Å².